The molecule has 4 aromatic rings. The molecule has 1 saturated heterocycles. The van der Waals surface area contributed by atoms with Crippen LogP contribution in [0.2, 0.25) is 0 Å². The van der Waals surface area contributed by atoms with Gasteiger partial charge in [-0.1, -0.05) is 21.1 Å². The largest absolute Gasteiger partial charge is 0.480 e. The highest BCUT2D eigenvalue weighted by atomic mass is 79.9. The monoisotopic (exact) mass is 471 g/mol. The molecular weight excluding hydrogens is 453 g/mol. The lowest BCUT2D eigenvalue weighted by molar-refractivity contribution is -0.144. The molecule has 6 nitrogen and oxygen atoms in total. The number of carboxylic acid groups (broad SMARTS) is 1. The van der Waals surface area contributed by atoms with Crippen molar-refractivity contribution in [2.75, 3.05) is 13.1 Å². The fourth-order valence-electron chi connectivity index (χ4n) is 4.48. The van der Waals surface area contributed by atoms with E-state index in [1.54, 1.807) is 12.3 Å². The third-order valence-electron chi connectivity index (χ3n) is 5.95. The van der Waals surface area contributed by atoms with Crippen molar-refractivity contribution >= 4 is 43.8 Å². The van der Waals surface area contributed by atoms with Gasteiger partial charge in [0.1, 0.15) is 11.9 Å². The molecule has 1 fully saturated rings. The molecule has 1 aliphatic rings. The van der Waals surface area contributed by atoms with Crippen LogP contribution in [0.1, 0.15) is 36.1 Å². The van der Waals surface area contributed by atoms with Crippen molar-refractivity contribution in [2.24, 2.45) is 0 Å². The predicted molar refractivity (Wildman–Crippen MR) is 114 cm³/mol. The fraction of sp³-hybridized carbons (Fsp3) is 0.273. The lowest BCUT2D eigenvalue weighted by Gasteiger charge is -2.35. The Labute approximate surface area is 179 Å². The minimum Gasteiger partial charge on any atom is -0.480 e. The molecule has 2 aromatic carbocycles. The molecule has 8 heteroatoms. The van der Waals surface area contributed by atoms with Crippen molar-refractivity contribution in [1.82, 2.24) is 15.0 Å². The second kappa shape index (κ2) is 7.52. The van der Waals surface area contributed by atoms with Crippen molar-refractivity contribution in [3.05, 3.63) is 64.1 Å². The zero-order valence-corrected chi connectivity index (χ0v) is 17.5. The topological polar surface area (TPSA) is 82.4 Å². The first-order valence-electron chi connectivity index (χ1n) is 9.79. The van der Waals surface area contributed by atoms with E-state index in [4.69, 9.17) is 4.52 Å². The molecule has 1 unspecified atom stereocenters. The molecule has 0 amide bonds. The van der Waals surface area contributed by atoms with Crippen LogP contribution in [0.3, 0.4) is 0 Å². The van der Waals surface area contributed by atoms with Crippen molar-refractivity contribution in [3.8, 4) is 0 Å². The van der Waals surface area contributed by atoms with E-state index in [1.165, 1.54) is 12.1 Å². The van der Waals surface area contributed by atoms with E-state index < -0.39 is 12.0 Å². The Bertz CT molecular complexity index is 1240. The maximum Gasteiger partial charge on any atom is 0.325 e. The highest BCUT2D eigenvalue weighted by Crippen LogP contribution is 2.37. The maximum absolute atomic E-state index is 13.4. The Kier molecular flexibility index (Phi) is 4.83. The first kappa shape index (κ1) is 19.3. The number of hydrogen-bond donors (Lipinski definition) is 2. The lowest BCUT2D eigenvalue weighted by Crippen LogP contribution is -2.39. The van der Waals surface area contributed by atoms with Gasteiger partial charge in [0.25, 0.3) is 0 Å². The smallest absolute Gasteiger partial charge is 0.325 e. The number of carboxylic acids is 1. The number of nitrogens with one attached hydrogen (secondary N) is 1. The normalized spacial score (nSPS) is 17.0. The second-order valence-corrected chi connectivity index (χ2v) is 8.61. The Morgan fingerprint density at radius 2 is 2.03 bits per heavy atom. The molecule has 0 spiro atoms. The van der Waals surface area contributed by atoms with Crippen LogP contribution in [0.25, 0.3) is 21.9 Å². The van der Waals surface area contributed by atoms with Crippen LogP contribution in [0, 0.1) is 5.82 Å². The van der Waals surface area contributed by atoms with Gasteiger partial charge in [-0.3, -0.25) is 9.69 Å². The number of aromatic nitrogens is 2. The van der Waals surface area contributed by atoms with Gasteiger partial charge in [0.05, 0.1) is 5.69 Å². The average Bonchev–Trinajstić information content (AvgIpc) is 3.32. The first-order chi connectivity index (χ1) is 14.5. The SMILES string of the molecule is O=C(O)C(c1c[nH]c2ccc(Br)cc12)N1CCC(c2noc3cc(F)ccc23)CC1. The zero-order valence-electron chi connectivity index (χ0n) is 15.9. The van der Waals surface area contributed by atoms with Crippen LogP contribution in [-0.4, -0.2) is 39.2 Å². The van der Waals surface area contributed by atoms with Crippen LogP contribution in [0.5, 0.6) is 0 Å². The summed E-state index contributed by atoms with van der Waals surface area (Å²) >= 11 is 3.47. The molecule has 1 aliphatic heterocycles. The number of H-pyrrole nitrogens is 1. The van der Waals surface area contributed by atoms with Crippen molar-refractivity contribution < 1.29 is 18.8 Å². The van der Waals surface area contributed by atoms with Crippen molar-refractivity contribution in [2.45, 2.75) is 24.8 Å². The number of halogens is 2. The standard InChI is InChI=1S/C22H19BrFN3O3/c23-13-1-4-18-16(9-13)17(11-25-18)21(22(28)29)27-7-5-12(6-8-27)20-15-3-2-14(24)10-19(15)30-26-20/h1-4,9-12,21,25H,5-8H2,(H,28,29). The summed E-state index contributed by atoms with van der Waals surface area (Å²) < 4.78 is 19.6. The third kappa shape index (κ3) is 3.30. The molecule has 2 aromatic heterocycles. The highest BCUT2D eigenvalue weighted by Gasteiger charge is 2.34. The molecule has 30 heavy (non-hydrogen) atoms. The van der Waals surface area contributed by atoms with Crippen molar-refractivity contribution in [1.29, 1.82) is 0 Å². The molecular formula is C22H19BrFN3O3. The predicted octanol–water partition coefficient (Wildman–Crippen LogP) is 5.22. The molecule has 5 rings (SSSR count). The third-order valence-corrected chi connectivity index (χ3v) is 6.44. The summed E-state index contributed by atoms with van der Waals surface area (Å²) in [6, 6.07) is 9.55. The lowest BCUT2D eigenvalue weighted by atomic mass is 9.90. The number of piperidine rings is 1. The summed E-state index contributed by atoms with van der Waals surface area (Å²) in [4.78, 5) is 17.4. The van der Waals surface area contributed by atoms with Gasteiger partial charge in [0.2, 0.25) is 0 Å². The molecule has 1 atom stereocenters. The summed E-state index contributed by atoms with van der Waals surface area (Å²) in [6.07, 6.45) is 3.31. The van der Waals surface area contributed by atoms with Gasteiger partial charge in [-0.05, 0) is 56.3 Å². The second-order valence-electron chi connectivity index (χ2n) is 7.69. The van der Waals surface area contributed by atoms with Crippen molar-refractivity contribution in [3.63, 3.8) is 0 Å². The molecule has 0 saturated carbocycles. The van der Waals surface area contributed by atoms with Gasteiger partial charge >= 0.3 is 5.97 Å². The Hall–Kier alpha value is -2.71. The highest BCUT2D eigenvalue weighted by molar-refractivity contribution is 9.10. The van der Waals surface area contributed by atoms with Gasteiger partial charge in [-0.2, -0.15) is 0 Å². The first-order valence-corrected chi connectivity index (χ1v) is 10.6. The molecule has 0 aliphatic carbocycles. The van der Waals surface area contributed by atoms with Crippen LogP contribution >= 0.6 is 15.9 Å². The van der Waals surface area contributed by atoms with Crippen LogP contribution in [0.4, 0.5) is 4.39 Å². The number of nitrogens with zero attached hydrogens (tertiary/aromatic N) is 2. The van der Waals surface area contributed by atoms with Gasteiger partial charge < -0.3 is 14.6 Å². The van der Waals surface area contributed by atoms with Gasteiger partial charge in [0, 0.05) is 44.5 Å². The summed E-state index contributed by atoms with van der Waals surface area (Å²) in [6.45, 7) is 1.25. The van der Waals surface area contributed by atoms with E-state index in [9.17, 15) is 14.3 Å². The number of fused-ring (bicyclic) bond motifs is 2. The zero-order chi connectivity index (χ0) is 20.8. The quantitative estimate of drug-likeness (QED) is 0.426. The van der Waals surface area contributed by atoms with Crippen LogP contribution < -0.4 is 0 Å². The van der Waals surface area contributed by atoms with E-state index in [0.717, 1.165) is 44.9 Å². The molecule has 2 N–H and O–H groups in total. The number of carbonyl (C=O) groups is 1. The van der Waals surface area contributed by atoms with Gasteiger partial charge in [-0.25, -0.2) is 4.39 Å². The Morgan fingerprint density at radius 3 is 2.80 bits per heavy atom. The number of likely N-dealkylation sites (tertiary alicyclic amines) is 1. The molecule has 0 bridgehead atoms. The van der Waals surface area contributed by atoms with E-state index in [-0.39, 0.29) is 11.7 Å². The summed E-state index contributed by atoms with van der Waals surface area (Å²) in [5, 5.41) is 15.9. The number of rotatable bonds is 4. The number of benzene rings is 2. The van der Waals surface area contributed by atoms with E-state index in [0.29, 0.717) is 18.7 Å². The van der Waals surface area contributed by atoms with Crippen LogP contribution in [-0.2, 0) is 4.79 Å². The van der Waals surface area contributed by atoms with Crippen LogP contribution in [0.15, 0.2) is 51.6 Å². The fourth-order valence-corrected chi connectivity index (χ4v) is 4.84. The summed E-state index contributed by atoms with van der Waals surface area (Å²) in [5.41, 5.74) is 2.95. The molecule has 3 heterocycles. The van der Waals surface area contributed by atoms with E-state index >= 15 is 0 Å². The Morgan fingerprint density at radius 1 is 1.23 bits per heavy atom. The maximum atomic E-state index is 13.4. The number of aliphatic carboxylic acids is 1. The minimum atomic E-state index is -0.864. The Balaban J connectivity index is 1.40. The number of hydrogen-bond acceptors (Lipinski definition) is 4. The summed E-state index contributed by atoms with van der Waals surface area (Å²) in [7, 11) is 0. The average molecular weight is 472 g/mol. The number of aromatic amines is 1. The van der Waals surface area contributed by atoms with E-state index in [1.807, 2.05) is 23.1 Å². The summed E-state index contributed by atoms with van der Waals surface area (Å²) in [5.74, 6) is -1.06. The molecule has 0 radical (unpaired) electrons. The van der Waals surface area contributed by atoms with E-state index in [2.05, 4.69) is 26.1 Å². The van der Waals surface area contributed by atoms with Gasteiger partial charge in [0.15, 0.2) is 5.58 Å². The van der Waals surface area contributed by atoms with Gasteiger partial charge in [-0.15, -0.1) is 0 Å². The molecule has 154 valence electrons. The minimum absolute atomic E-state index is 0.152.